The Morgan fingerprint density at radius 2 is 1.78 bits per heavy atom. The van der Waals surface area contributed by atoms with Gasteiger partial charge in [-0.15, -0.1) is 0 Å². The molecule has 37 heavy (non-hydrogen) atoms. The molecule has 1 aliphatic rings. The second-order valence-electron chi connectivity index (χ2n) is 9.74. The van der Waals surface area contributed by atoms with Crippen molar-refractivity contribution in [2.24, 2.45) is 5.92 Å². The number of anilines is 1. The van der Waals surface area contributed by atoms with Gasteiger partial charge in [-0.3, -0.25) is 9.59 Å². The zero-order valence-corrected chi connectivity index (χ0v) is 21.4. The van der Waals surface area contributed by atoms with Crippen LogP contribution in [0.5, 0.6) is 0 Å². The summed E-state index contributed by atoms with van der Waals surface area (Å²) in [5, 5.41) is 7.81. The standard InChI is InChI=1S/C30H31N5O2/c1-20-13-14-25(22(3)17-20)27-26(19-35(33-27)24-11-5-4-6-12-24)30(37)34-16-8-10-23(18-34)29(36)32-28-21(2)9-7-15-31-28/h4-7,9,11-15,17,19,23H,8,10,16,18H2,1-3H3,(H,31,32,36). The lowest BCUT2D eigenvalue weighted by Crippen LogP contribution is -2.44. The molecule has 1 fully saturated rings. The SMILES string of the molecule is Cc1ccc(-c2nn(-c3ccccc3)cc2C(=O)N2CCCC(C(=O)Nc3ncccc3C)C2)c(C)c1. The van der Waals surface area contributed by atoms with Crippen LogP contribution in [0.4, 0.5) is 5.82 Å². The fraction of sp³-hybridized carbons (Fsp3) is 0.267. The van der Waals surface area contributed by atoms with Crippen LogP contribution in [-0.4, -0.2) is 44.6 Å². The van der Waals surface area contributed by atoms with Crippen LogP contribution < -0.4 is 5.32 Å². The van der Waals surface area contributed by atoms with Crippen LogP contribution in [0.2, 0.25) is 0 Å². The number of aromatic nitrogens is 3. The molecular weight excluding hydrogens is 462 g/mol. The average molecular weight is 494 g/mol. The normalized spacial score (nSPS) is 15.4. The number of carbonyl (C=O) groups is 2. The van der Waals surface area contributed by atoms with Crippen molar-refractivity contribution < 1.29 is 9.59 Å². The summed E-state index contributed by atoms with van der Waals surface area (Å²) in [7, 11) is 0. The number of benzene rings is 2. The van der Waals surface area contributed by atoms with Gasteiger partial charge in [0.25, 0.3) is 5.91 Å². The summed E-state index contributed by atoms with van der Waals surface area (Å²) in [6.45, 7) is 6.97. The molecule has 2 amide bonds. The molecule has 0 radical (unpaired) electrons. The molecule has 0 spiro atoms. The minimum absolute atomic E-state index is 0.103. The molecule has 0 bridgehead atoms. The summed E-state index contributed by atoms with van der Waals surface area (Å²) in [6.07, 6.45) is 4.97. The lowest BCUT2D eigenvalue weighted by atomic mass is 9.95. The van der Waals surface area contributed by atoms with Gasteiger partial charge in [-0.2, -0.15) is 5.10 Å². The maximum Gasteiger partial charge on any atom is 0.257 e. The van der Waals surface area contributed by atoms with Crippen molar-refractivity contribution in [3.63, 3.8) is 0 Å². The number of carbonyl (C=O) groups excluding carboxylic acids is 2. The highest BCUT2D eigenvalue weighted by molar-refractivity contribution is 6.01. The number of rotatable bonds is 5. The number of piperidine rings is 1. The molecule has 7 heteroatoms. The lowest BCUT2D eigenvalue weighted by molar-refractivity contribution is -0.121. The van der Waals surface area contributed by atoms with E-state index >= 15 is 0 Å². The van der Waals surface area contributed by atoms with E-state index < -0.39 is 0 Å². The van der Waals surface area contributed by atoms with Crippen LogP contribution in [0.25, 0.3) is 16.9 Å². The monoisotopic (exact) mass is 493 g/mol. The molecule has 5 rings (SSSR count). The first kappa shape index (κ1) is 24.4. The van der Waals surface area contributed by atoms with E-state index in [1.54, 1.807) is 15.8 Å². The molecule has 188 valence electrons. The Bertz CT molecular complexity index is 1440. The van der Waals surface area contributed by atoms with E-state index in [2.05, 4.69) is 23.3 Å². The number of nitrogens with one attached hydrogen (secondary N) is 1. The van der Waals surface area contributed by atoms with Gasteiger partial charge < -0.3 is 10.2 Å². The molecule has 1 unspecified atom stereocenters. The smallest absolute Gasteiger partial charge is 0.257 e. The molecule has 1 aliphatic heterocycles. The minimum Gasteiger partial charge on any atom is -0.338 e. The highest BCUT2D eigenvalue weighted by Gasteiger charge is 2.31. The van der Waals surface area contributed by atoms with Crippen molar-refractivity contribution in [1.82, 2.24) is 19.7 Å². The third-order valence-corrected chi connectivity index (χ3v) is 6.93. The molecular formula is C30H31N5O2. The van der Waals surface area contributed by atoms with Crippen molar-refractivity contribution in [3.8, 4) is 16.9 Å². The number of hydrogen-bond acceptors (Lipinski definition) is 4. The summed E-state index contributed by atoms with van der Waals surface area (Å²) < 4.78 is 1.76. The van der Waals surface area contributed by atoms with Crippen molar-refractivity contribution >= 4 is 17.6 Å². The number of aryl methyl sites for hydroxylation is 3. The third-order valence-electron chi connectivity index (χ3n) is 6.93. The number of amides is 2. The van der Waals surface area contributed by atoms with Gasteiger partial charge >= 0.3 is 0 Å². The van der Waals surface area contributed by atoms with Crippen molar-refractivity contribution in [2.45, 2.75) is 33.6 Å². The van der Waals surface area contributed by atoms with E-state index in [1.165, 1.54) is 0 Å². The first-order valence-electron chi connectivity index (χ1n) is 12.6. The molecule has 1 saturated heterocycles. The Hall–Kier alpha value is -4.26. The van der Waals surface area contributed by atoms with E-state index in [-0.39, 0.29) is 17.7 Å². The number of likely N-dealkylation sites (tertiary alicyclic amines) is 1. The maximum atomic E-state index is 13.9. The van der Waals surface area contributed by atoms with Crippen LogP contribution in [0.1, 0.15) is 39.9 Å². The van der Waals surface area contributed by atoms with Gasteiger partial charge in [0.1, 0.15) is 11.5 Å². The Morgan fingerprint density at radius 1 is 0.973 bits per heavy atom. The van der Waals surface area contributed by atoms with E-state index in [9.17, 15) is 9.59 Å². The Kier molecular flexibility index (Phi) is 6.86. The third kappa shape index (κ3) is 5.16. The summed E-state index contributed by atoms with van der Waals surface area (Å²) in [5.74, 6) is 0.0580. The van der Waals surface area contributed by atoms with Crippen molar-refractivity contribution in [3.05, 3.63) is 95.3 Å². The number of pyridine rings is 1. The second kappa shape index (κ2) is 10.4. The average Bonchev–Trinajstić information content (AvgIpc) is 3.35. The van der Waals surface area contributed by atoms with Crippen molar-refractivity contribution in [1.29, 1.82) is 0 Å². The van der Waals surface area contributed by atoms with Crippen LogP contribution >= 0.6 is 0 Å². The van der Waals surface area contributed by atoms with E-state index in [0.29, 0.717) is 30.2 Å². The van der Waals surface area contributed by atoms with Crippen LogP contribution in [0.3, 0.4) is 0 Å². The fourth-order valence-corrected chi connectivity index (χ4v) is 4.90. The Morgan fingerprint density at radius 3 is 2.54 bits per heavy atom. The molecule has 0 saturated carbocycles. The molecule has 0 aliphatic carbocycles. The fourth-order valence-electron chi connectivity index (χ4n) is 4.90. The zero-order chi connectivity index (χ0) is 25.9. The first-order valence-corrected chi connectivity index (χ1v) is 12.6. The number of para-hydroxylation sites is 1. The van der Waals surface area contributed by atoms with Gasteiger partial charge in [0.15, 0.2) is 0 Å². The Balaban J connectivity index is 1.44. The van der Waals surface area contributed by atoms with Gasteiger partial charge in [0.05, 0.1) is 17.2 Å². The van der Waals surface area contributed by atoms with E-state index in [1.807, 2.05) is 74.6 Å². The first-order chi connectivity index (χ1) is 17.9. The molecule has 2 aromatic carbocycles. The van der Waals surface area contributed by atoms with E-state index in [0.717, 1.165) is 40.8 Å². The van der Waals surface area contributed by atoms with Crippen LogP contribution in [0, 0.1) is 26.7 Å². The molecule has 2 aromatic heterocycles. The summed E-state index contributed by atoms with van der Waals surface area (Å²) in [4.78, 5) is 33.1. The predicted octanol–water partition coefficient (Wildman–Crippen LogP) is 5.35. The summed E-state index contributed by atoms with van der Waals surface area (Å²) in [6, 6.07) is 19.7. The zero-order valence-electron chi connectivity index (χ0n) is 21.4. The molecule has 7 nitrogen and oxygen atoms in total. The maximum absolute atomic E-state index is 13.9. The van der Waals surface area contributed by atoms with Gasteiger partial charge in [-0.05, 0) is 62.9 Å². The number of nitrogens with zero attached hydrogens (tertiary/aromatic N) is 4. The molecule has 4 aromatic rings. The highest BCUT2D eigenvalue weighted by atomic mass is 16.2. The van der Waals surface area contributed by atoms with Crippen LogP contribution in [-0.2, 0) is 4.79 Å². The summed E-state index contributed by atoms with van der Waals surface area (Å²) >= 11 is 0. The quantitative estimate of drug-likeness (QED) is 0.406. The van der Waals surface area contributed by atoms with E-state index in [4.69, 9.17) is 5.10 Å². The van der Waals surface area contributed by atoms with Gasteiger partial charge in [-0.1, -0.05) is 48.0 Å². The lowest BCUT2D eigenvalue weighted by Gasteiger charge is -2.32. The van der Waals surface area contributed by atoms with Gasteiger partial charge in [-0.25, -0.2) is 9.67 Å². The number of hydrogen-bond donors (Lipinski definition) is 1. The molecule has 1 N–H and O–H groups in total. The minimum atomic E-state index is -0.298. The predicted molar refractivity (Wildman–Crippen MR) is 145 cm³/mol. The van der Waals surface area contributed by atoms with Crippen molar-refractivity contribution in [2.75, 3.05) is 18.4 Å². The highest BCUT2D eigenvalue weighted by Crippen LogP contribution is 2.30. The van der Waals surface area contributed by atoms with Gasteiger partial charge in [0.2, 0.25) is 5.91 Å². The molecule has 3 heterocycles. The Labute approximate surface area is 217 Å². The second-order valence-corrected chi connectivity index (χ2v) is 9.74. The van der Waals surface area contributed by atoms with Gasteiger partial charge in [0, 0.05) is 31.0 Å². The summed E-state index contributed by atoms with van der Waals surface area (Å²) in [5.41, 5.74) is 6.14. The molecule has 1 atom stereocenters. The topological polar surface area (TPSA) is 80.1 Å². The largest absolute Gasteiger partial charge is 0.338 e. The van der Waals surface area contributed by atoms with Crippen LogP contribution in [0.15, 0.2) is 73.1 Å².